The van der Waals surface area contributed by atoms with Crippen LogP contribution in [0.5, 0.6) is 0 Å². The molecule has 0 aliphatic heterocycles. The zero-order valence-electron chi connectivity index (χ0n) is 6.43. The van der Waals surface area contributed by atoms with Crippen molar-refractivity contribution >= 4 is 27.5 Å². The number of aromatic amines is 1. The third-order valence-electron chi connectivity index (χ3n) is 1.25. The van der Waals surface area contributed by atoms with Gasteiger partial charge in [-0.15, -0.1) is 6.42 Å². The van der Waals surface area contributed by atoms with Gasteiger partial charge in [-0.1, -0.05) is 0 Å². The number of amides is 1. The van der Waals surface area contributed by atoms with Crippen LogP contribution in [-0.2, 0) is 4.79 Å². The Labute approximate surface area is 82.5 Å². The van der Waals surface area contributed by atoms with Gasteiger partial charge in [-0.05, 0) is 27.9 Å². The van der Waals surface area contributed by atoms with Crippen molar-refractivity contribution in [3.63, 3.8) is 0 Å². The van der Waals surface area contributed by atoms with Gasteiger partial charge in [0.05, 0.1) is 0 Å². The fourth-order valence-electron chi connectivity index (χ4n) is 0.709. The Bertz CT molecular complexity index is 431. The average molecular weight is 241 g/mol. The lowest BCUT2D eigenvalue weighted by molar-refractivity contribution is -0.111. The highest BCUT2D eigenvalue weighted by molar-refractivity contribution is 9.10. The van der Waals surface area contributed by atoms with Gasteiger partial charge in [0.2, 0.25) is 0 Å². The molecule has 4 nitrogen and oxygen atoms in total. The Hall–Kier alpha value is -1.54. The summed E-state index contributed by atoms with van der Waals surface area (Å²) in [4.78, 5) is 24.2. The fourth-order valence-corrected chi connectivity index (χ4v) is 1.05. The summed E-state index contributed by atoms with van der Waals surface area (Å²) >= 11 is 3.14. The first-order valence-corrected chi connectivity index (χ1v) is 4.08. The lowest BCUT2D eigenvalue weighted by Crippen LogP contribution is -2.17. The van der Waals surface area contributed by atoms with Gasteiger partial charge in [0.25, 0.3) is 11.5 Å². The Morgan fingerprint density at radius 2 is 2.38 bits per heavy atom. The molecule has 0 saturated carbocycles. The number of H-pyrrole nitrogens is 1. The van der Waals surface area contributed by atoms with Crippen LogP contribution in [0.2, 0.25) is 0 Å². The van der Waals surface area contributed by atoms with E-state index in [1.165, 1.54) is 12.3 Å². The topological polar surface area (TPSA) is 62.0 Å². The van der Waals surface area contributed by atoms with E-state index in [9.17, 15) is 9.59 Å². The van der Waals surface area contributed by atoms with Crippen LogP contribution in [0.15, 0.2) is 21.5 Å². The highest BCUT2D eigenvalue weighted by atomic mass is 79.9. The second-order valence-electron chi connectivity index (χ2n) is 2.16. The van der Waals surface area contributed by atoms with Gasteiger partial charge in [0.15, 0.2) is 0 Å². The normalized spacial score (nSPS) is 8.92. The van der Waals surface area contributed by atoms with E-state index in [-0.39, 0.29) is 5.69 Å². The maximum absolute atomic E-state index is 11.1. The molecule has 66 valence electrons. The van der Waals surface area contributed by atoms with Crippen LogP contribution in [0, 0.1) is 12.3 Å². The molecule has 0 saturated heterocycles. The molecule has 0 aliphatic rings. The van der Waals surface area contributed by atoms with Gasteiger partial charge in [0, 0.05) is 10.7 Å². The molecule has 13 heavy (non-hydrogen) atoms. The number of rotatable bonds is 1. The maximum Gasteiger partial charge on any atom is 0.300 e. The predicted octanol–water partition coefficient (Wildman–Crippen LogP) is 0.709. The minimum absolute atomic E-state index is 0.123. The van der Waals surface area contributed by atoms with E-state index in [0.717, 1.165) is 0 Å². The summed E-state index contributed by atoms with van der Waals surface area (Å²) in [6, 6.07) is 1.47. The quantitative estimate of drug-likeness (QED) is 0.711. The average Bonchev–Trinajstić information content (AvgIpc) is 2.11. The third kappa shape index (κ3) is 2.46. The summed E-state index contributed by atoms with van der Waals surface area (Å²) in [7, 11) is 0. The molecule has 5 heteroatoms. The van der Waals surface area contributed by atoms with Gasteiger partial charge in [-0.25, -0.2) is 0 Å². The Balaban J connectivity index is 3.02. The summed E-state index contributed by atoms with van der Waals surface area (Å²) in [5.41, 5.74) is -0.274. The smallest absolute Gasteiger partial charge is 0.300 e. The van der Waals surface area contributed by atoms with Crippen molar-refractivity contribution < 1.29 is 4.79 Å². The summed E-state index contributed by atoms with van der Waals surface area (Å²) < 4.78 is 0.652. The van der Waals surface area contributed by atoms with Crippen LogP contribution in [0.25, 0.3) is 0 Å². The fraction of sp³-hybridized carbons (Fsp3) is 0. The zero-order valence-corrected chi connectivity index (χ0v) is 8.01. The number of halogens is 1. The number of terminal acetylenes is 1. The van der Waals surface area contributed by atoms with E-state index >= 15 is 0 Å². The van der Waals surface area contributed by atoms with Crippen molar-refractivity contribution in [2.24, 2.45) is 0 Å². The Kier molecular flexibility index (Phi) is 2.88. The minimum Gasteiger partial charge on any atom is -0.326 e. The van der Waals surface area contributed by atoms with Crippen LogP contribution in [-0.4, -0.2) is 10.9 Å². The van der Waals surface area contributed by atoms with E-state index in [0.29, 0.717) is 4.47 Å². The van der Waals surface area contributed by atoms with Gasteiger partial charge >= 0.3 is 0 Å². The molecular formula is C8H5BrN2O2. The second kappa shape index (κ2) is 3.92. The van der Waals surface area contributed by atoms with Crippen molar-refractivity contribution in [3.05, 3.63) is 27.1 Å². The van der Waals surface area contributed by atoms with Crippen molar-refractivity contribution in [2.45, 2.75) is 0 Å². The van der Waals surface area contributed by atoms with Crippen molar-refractivity contribution in [1.82, 2.24) is 4.98 Å². The van der Waals surface area contributed by atoms with Crippen LogP contribution in [0.4, 0.5) is 5.69 Å². The largest absolute Gasteiger partial charge is 0.326 e. The van der Waals surface area contributed by atoms with Crippen molar-refractivity contribution in [3.8, 4) is 12.3 Å². The van der Waals surface area contributed by atoms with E-state index in [2.05, 4.69) is 26.2 Å². The van der Waals surface area contributed by atoms with Crippen molar-refractivity contribution in [2.75, 3.05) is 5.32 Å². The van der Waals surface area contributed by atoms with Gasteiger partial charge < -0.3 is 10.3 Å². The van der Waals surface area contributed by atoms with E-state index in [1.54, 1.807) is 0 Å². The summed E-state index contributed by atoms with van der Waals surface area (Å²) in [6.07, 6.45) is 6.29. The third-order valence-corrected chi connectivity index (χ3v) is 1.71. The highest BCUT2D eigenvalue weighted by Crippen LogP contribution is 2.09. The maximum atomic E-state index is 11.1. The molecule has 1 rings (SSSR count). The van der Waals surface area contributed by atoms with Gasteiger partial charge in [-0.3, -0.25) is 9.59 Å². The molecule has 1 amide bonds. The number of carbonyl (C=O) groups is 1. The van der Waals surface area contributed by atoms with Crippen LogP contribution < -0.4 is 10.9 Å². The number of aromatic nitrogens is 1. The molecule has 1 aromatic rings. The molecule has 0 aliphatic carbocycles. The number of hydrogen-bond donors (Lipinski definition) is 2. The second-order valence-corrected chi connectivity index (χ2v) is 3.07. The van der Waals surface area contributed by atoms with Crippen molar-refractivity contribution in [1.29, 1.82) is 0 Å². The standard InChI is InChI=1S/C8H5BrN2O2/c1-2-7(12)11-6-3-5(9)4-10-8(6)13/h1,3-4H,(H,10,13)(H,11,12). The highest BCUT2D eigenvalue weighted by Gasteiger charge is 2.02. The molecule has 2 N–H and O–H groups in total. The van der Waals surface area contributed by atoms with E-state index in [1.807, 2.05) is 5.92 Å². The molecule has 0 unspecified atom stereocenters. The molecule has 1 aromatic heterocycles. The first kappa shape index (κ1) is 9.55. The molecule has 1 heterocycles. The monoisotopic (exact) mass is 240 g/mol. The number of pyridine rings is 1. The molecule has 0 spiro atoms. The predicted molar refractivity (Wildman–Crippen MR) is 52.2 cm³/mol. The van der Waals surface area contributed by atoms with Gasteiger partial charge in [-0.2, -0.15) is 0 Å². The molecule has 0 radical (unpaired) electrons. The van der Waals surface area contributed by atoms with Crippen LogP contribution >= 0.6 is 15.9 Å². The summed E-state index contributed by atoms with van der Waals surface area (Å²) in [5.74, 6) is 1.19. The lowest BCUT2D eigenvalue weighted by atomic mass is 10.4. The molecule has 0 atom stereocenters. The SMILES string of the molecule is C#CC(=O)Nc1cc(Br)c[nH]c1=O. The van der Waals surface area contributed by atoms with Crippen LogP contribution in [0.1, 0.15) is 0 Å². The first-order chi connectivity index (χ1) is 6.13. The molecule has 0 fully saturated rings. The Morgan fingerprint density at radius 3 is 3.00 bits per heavy atom. The lowest BCUT2D eigenvalue weighted by Gasteiger charge is -1.99. The van der Waals surface area contributed by atoms with E-state index in [4.69, 9.17) is 6.42 Å². The summed E-state index contributed by atoms with van der Waals surface area (Å²) in [5, 5.41) is 2.25. The minimum atomic E-state index is -0.649. The molecule has 0 aromatic carbocycles. The first-order valence-electron chi connectivity index (χ1n) is 3.29. The number of nitrogens with one attached hydrogen (secondary N) is 2. The Morgan fingerprint density at radius 1 is 1.69 bits per heavy atom. The van der Waals surface area contributed by atoms with Crippen LogP contribution in [0.3, 0.4) is 0 Å². The molecule has 0 bridgehead atoms. The number of carbonyl (C=O) groups excluding carboxylic acids is 1. The van der Waals surface area contributed by atoms with Gasteiger partial charge in [0.1, 0.15) is 5.69 Å². The number of anilines is 1. The van der Waals surface area contributed by atoms with E-state index < -0.39 is 11.5 Å². The number of hydrogen-bond acceptors (Lipinski definition) is 2. The zero-order chi connectivity index (χ0) is 9.84. The molecular weight excluding hydrogens is 236 g/mol. The summed E-state index contributed by atoms with van der Waals surface area (Å²) in [6.45, 7) is 0.